The molecule has 0 bridgehead atoms. The van der Waals surface area contributed by atoms with Gasteiger partial charge in [0.05, 0.1) is 19.1 Å². The lowest BCUT2D eigenvalue weighted by Crippen LogP contribution is -2.49. The zero-order chi connectivity index (χ0) is 27.5. The fourth-order valence-corrected chi connectivity index (χ4v) is 5.22. The largest absolute Gasteiger partial charge is 0.497 e. The summed E-state index contributed by atoms with van der Waals surface area (Å²) in [5.74, 6) is 0.142. The molecule has 0 aliphatic heterocycles. The highest BCUT2D eigenvalue weighted by Crippen LogP contribution is 2.23. The summed E-state index contributed by atoms with van der Waals surface area (Å²) in [6, 6.07) is 25.1. The van der Waals surface area contributed by atoms with E-state index in [9.17, 15) is 18.0 Å². The Balaban J connectivity index is 1.81. The fourth-order valence-electron chi connectivity index (χ4n) is 4.25. The van der Waals surface area contributed by atoms with E-state index >= 15 is 0 Å². The van der Waals surface area contributed by atoms with Crippen molar-refractivity contribution in [2.45, 2.75) is 31.8 Å². The lowest BCUT2D eigenvalue weighted by atomic mass is 10.0. The summed E-state index contributed by atoms with van der Waals surface area (Å²) < 4.78 is 31.5. The molecular weight excluding hydrogens is 502 g/mol. The Morgan fingerprint density at radius 1 is 0.895 bits per heavy atom. The first-order chi connectivity index (χ1) is 18.2. The molecule has 0 saturated heterocycles. The number of methoxy groups -OCH3 is 1. The molecule has 3 rings (SSSR count). The average molecular weight is 538 g/mol. The van der Waals surface area contributed by atoms with Crippen LogP contribution in [0.5, 0.6) is 5.75 Å². The second-order valence-corrected chi connectivity index (χ2v) is 10.9. The number of benzene rings is 3. The first-order valence-electron chi connectivity index (χ1n) is 12.4. The van der Waals surface area contributed by atoms with Crippen molar-refractivity contribution >= 4 is 27.5 Å². The maximum Gasteiger partial charge on any atom is 0.242 e. The van der Waals surface area contributed by atoms with Crippen molar-refractivity contribution in [3.8, 4) is 5.75 Å². The fraction of sp³-hybridized carbons (Fsp3) is 0.310. The van der Waals surface area contributed by atoms with Gasteiger partial charge in [-0.1, -0.05) is 60.7 Å². The number of ether oxygens (including phenoxy) is 1. The first kappa shape index (κ1) is 28.7. The number of nitrogens with zero attached hydrogens (tertiary/aromatic N) is 2. The number of hydrogen-bond acceptors (Lipinski definition) is 5. The highest BCUT2D eigenvalue weighted by molar-refractivity contribution is 7.92. The minimum atomic E-state index is -3.58. The molecule has 0 spiro atoms. The monoisotopic (exact) mass is 537 g/mol. The molecule has 2 amide bonds. The van der Waals surface area contributed by atoms with Gasteiger partial charge < -0.3 is 15.0 Å². The van der Waals surface area contributed by atoms with Crippen molar-refractivity contribution < 1.29 is 22.7 Å². The minimum absolute atomic E-state index is 0.0806. The van der Waals surface area contributed by atoms with Crippen LogP contribution < -0.4 is 14.4 Å². The van der Waals surface area contributed by atoms with Crippen LogP contribution in [0.2, 0.25) is 0 Å². The third kappa shape index (κ3) is 8.08. The molecule has 8 nitrogen and oxygen atoms in total. The Hall–Kier alpha value is -3.85. The van der Waals surface area contributed by atoms with Gasteiger partial charge in [0.1, 0.15) is 11.8 Å². The maximum absolute atomic E-state index is 13.6. The highest BCUT2D eigenvalue weighted by atomic mass is 32.2. The van der Waals surface area contributed by atoms with E-state index < -0.39 is 16.1 Å². The van der Waals surface area contributed by atoms with Gasteiger partial charge >= 0.3 is 0 Å². The lowest BCUT2D eigenvalue weighted by Gasteiger charge is -2.31. The van der Waals surface area contributed by atoms with Crippen molar-refractivity contribution in [3.05, 3.63) is 96.1 Å². The van der Waals surface area contributed by atoms with E-state index in [-0.39, 0.29) is 37.7 Å². The van der Waals surface area contributed by atoms with E-state index in [0.717, 1.165) is 17.4 Å². The number of anilines is 1. The van der Waals surface area contributed by atoms with Crippen molar-refractivity contribution in [2.24, 2.45) is 0 Å². The number of nitrogens with one attached hydrogen (secondary N) is 1. The van der Waals surface area contributed by atoms with Crippen LogP contribution >= 0.6 is 0 Å². The molecular formula is C29H35N3O5S. The van der Waals surface area contributed by atoms with E-state index in [4.69, 9.17) is 4.74 Å². The molecule has 38 heavy (non-hydrogen) atoms. The van der Waals surface area contributed by atoms with Crippen molar-refractivity contribution in [2.75, 3.05) is 31.3 Å². The van der Waals surface area contributed by atoms with Gasteiger partial charge in [-0.15, -0.1) is 0 Å². The summed E-state index contributed by atoms with van der Waals surface area (Å²) in [5, 5.41) is 2.70. The van der Waals surface area contributed by atoms with Gasteiger partial charge in [0, 0.05) is 33.0 Å². The van der Waals surface area contributed by atoms with Crippen molar-refractivity contribution in [1.82, 2.24) is 10.2 Å². The van der Waals surface area contributed by atoms with Crippen LogP contribution in [0.1, 0.15) is 24.0 Å². The number of carbonyl (C=O) groups is 2. The molecule has 0 heterocycles. The molecule has 0 aliphatic rings. The topological polar surface area (TPSA) is 96.0 Å². The third-order valence-corrected chi connectivity index (χ3v) is 7.42. The Morgan fingerprint density at radius 2 is 1.47 bits per heavy atom. The molecule has 0 fully saturated rings. The van der Waals surface area contributed by atoms with Crippen LogP contribution in [-0.4, -0.2) is 58.1 Å². The van der Waals surface area contributed by atoms with Crippen LogP contribution in [0.25, 0.3) is 0 Å². The molecule has 9 heteroatoms. The average Bonchev–Trinajstić information content (AvgIpc) is 2.93. The Bertz CT molecular complexity index is 1280. The molecule has 0 radical (unpaired) electrons. The van der Waals surface area contributed by atoms with Crippen LogP contribution in [0.15, 0.2) is 84.9 Å². The summed E-state index contributed by atoms with van der Waals surface area (Å²) in [6.07, 6.45) is 1.87. The van der Waals surface area contributed by atoms with E-state index in [2.05, 4.69) is 5.32 Å². The van der Waals surface area contributed by atoms with E-state index in [0.29, 0.717) is 17.9 Å². The first-order valence-corrected chi connectivity index (χ1v) is 14.3. The van der Waals surface area contributed by atoms with Crippen molar-refractivity contribution in [3.63, 3.8) is 0 Å². The summed E-state index contributed by atoms with van der Waals surface area (Å²) in [4.78, 5) is 28.2. The van der Waals surface area contributed by atoms with Crippen LogP contribution in [-0.2, 0) is 32.6 Å². The maximum atomic E-state index is 13.6. The number of likely N-dealkylation sites (N-methyl/N-ethyl adjacent to an activating group) is 1. The zero-order valence-electron chi connectivity index (χ0n) is 22.0. The summed E-state index contributed by atoms with van der Waals surface area (Å²) >= 11 is 0. The lowest BCUT2D eigenvalue weighted by molar-refractivity contribution is -0.141. The van der Waals surface area contributed by atoms with Gasteiger partial charge in [-0.25, -0.2) is 8.42 Å². The standard InChI is InChI=1S/C29H35N3O5S/c1-30-29(34)27(21-23-11-6-4-7-12-23)31(22-24-13-8-5-9-14-24)28(33)15-10-20-32(38(3,35)36)25-16-18-26(37-2)19-17-25/h4-9,11-14,16-19,27H,10,15,20-22H2,1-3H3,(H,30,34)/t27-/m0/s1. The third-order valence-electron chi connectivity index (χ3n) is 6.23. The SMILES string of the molecule is CNC(=O)[C@H](Cc1ccccc1)N(Cc1ccccc1)C(=O)CCCN(c1ccc(OC)cc1)S(C)(=O)=O. The number of amides is 2. The normalized spacial score (nSPS) is 11.9. The summed E-state index contributed by atoms with van der Waals surface area (Å²) in [7, 11) is -0.474. The van der Waals surface area contributed by atoms with Gasteiger partial charge in [-0.3, -0.25) is 13.9 Å². The van der Waals surface area contributed by atoms with Gasteiger partial charge in [0.15, 0.2) is 0 Å². The molecule has 0 aromatic heterocycles. The van der Waals surface area contributed by atoms with Gasteiger partial charge in [-0.2, -0.15) is 0 Å². The number of carbonyl (C=O) groups excluding carboxylic acids is 2. The quantitative estimate of drug-likeness (QED) is 0.359. The number of hydrogen-bond donors (Lipinski definition) is 1. The molecule has 1 atom stereocenters. The minimum Gasteiger partial charge on any atom is -0.497 e. The molecule has 0 aliphatic carbocycles. The van der Waals surface area contributed by atoms with Crippen LogP contribution in [0, 0.1) is 0 Å². The second-order valence-electron chi connectivity index (χ2n) is 8.96. The smallest absolute Gasteiger partial charge is 0.242 e. The second kappa shape index (κ2) is 13.6. The van der Waals surface area contributed by atoms with Crippen LogP contribution in [0.3, 0.4) is 0 Å². The predicted molar refractivity (Wildman–Crippen MR) is 149 cm³/mol. The Morgan fingerprint density at radius 3 is 2.00 bits per heavy atom. The van der Waals surface area contributed by atoms with Gasteiger partial charge in [0.25, 0.3) is 0 Å². The van der Waals surface area contributed by atoms with Crippen molar-refractivity contribution in [1.29, 1.82) is 0 Å². The zero-order valence-corrected chi connectivity index (χ0v) is 22.9. The van der Waals surface area contributed by atoms with E-state index in [1.807, 2.05) is 60.7 Å². The molecule has 3 aromatic carbocycles. The number of sulfonamides is 1. The summed E-state index contributed by atoms with van der Waals surface area (Å²) in [6.45, 7) is 0.387. The Labute approximate surface area is 225 Å². The Kier molecular flexibility index (Phi) is 10.3. The summed E-state index contributed by atoms with van der Waals surface area (Å²) in [5.41, 5.74) is 2.34. The number of rotatable bonds is 13. The van der Waals surface area contributed by atoms with Gasteiger partial charge in [-0.05, 0) is 41.8 Å². The predicted octanol–water partition coefficient (Wildman–Crippen LogP) is 3.63. The van der Waals surface area contributed by atoms with E-state index in [1.165, 1.54) is 4.31 Å². The van der Waals surface area contributed by atoms with Gasteiger partial charge in [0.2, 0.25) is 21.8 Å². The molecule has 3 aromatic rings. The van der Waals surface area contributed by atoms with E-state index in [1.54, 1.807) is 43.3 Å². The molecule has 1 N–H and O–H groups in total. The highest BCUT2D eigenvalue weighted by Gasteiger charge is 2.30. The van der Waals surface area contributed by atoms with Crippen LogP contribution in [0.4, 0.5) is 5.69 Å². The molecule has 0 unspecified atom stereocenters. The molecule has 202 valence electrons. The molecule has 0 saturated carbocycles.